The number of halogens is 1. The summed E-state index contributed by atoms with van der Waals surface area (Å²) in [7, 11) is 0. The SMILES string of the molecule is Cc1ccc(F)c2nc3c(c(NN)c12)CCCC3. The topological polar surface area (TPSA) is 50.9 Å². The van der Waals surface area contributed by atoms with Crippen molar-refractivity contribution in [3.8, 4) is 0 Å². The van der Waals surface area contributed by atoms with Crippen LogP contribution in [0.5, 0.6) is 0 Å². The average molecular weight is 245 g/mol. The number of hydrogen-bond donors (Lipinski definition) is 2. The molecule has 1 heterocycles. The Morgan fingerprint density at radius 1 is 1.28 bits per heavy atom. The zero-order valence-electron chi connectivity index (χ0n) is 10.4. The van der Waals surface area contributed by atoms with Crippen molar-refractivity contribution in [2.75, 3.05) is 5.43 Å². The minimum absolute atomic E-state index is 0.277. The smallest absolute Gasteiger partial charge is 0.149 e. The predicted octanol–water partition coefficient (Wildman–Crippen LogP) is 2.85. The summed E-state index contributed by atoms with van der Waals surface area (Å²) in [6, 6.07) is 3.25. The Bertz CT molecular complexity index is 622. The number of aromatic nitrogens is 1. The van der Waals surface area contributed by atoms with Gasteiger partial charge in [0, 0.05) is 11.1 Å². The Hall–Kier alpha value is -1.68. The number of pyridine rings is 1. The molecule has 0 saturated carbocycles. The second-order valence-electron chi connectivity index (χ2n) is 4.85. The Kier molecular flexibility index (Phi) is 2.67. The van der Waals surface area contributed by atoms with Gasteiger partial charge in [-0.2, -0.15) is 0 Å². The van der Waals surface area contributed by atoms with Crippen LogP contribution in [-0.2, 0) is 12.8 Å². The van der Waals surface area contributed by atoms with E-state index in [9.17, 15) is 4.39 Å². The first kappa shape index (κ1) is 11.4. The number of aryl methyl sites for hydroxylation is 2. The summed E-state index contributed by atoms with van der Waals surface area (Å²) >= 11 is 0. The van der Waals surface area contributed by atoms with Crippen LogP contribution in [0.4, 0.5) is 10.1 Å². The third-order valence-corrected chi connectivity index (χ3v) is 3.72. The lowest BCUT2D eigenvalue weighted by molar-refractivity contribution is 0.631. The van der Waals surface area contributed by atoms with Gasteiger partial charge >= 0.3 is 0 Å². The summed E-state index contributed by atoms with van der Waals surface area (Å²) in [6.07, 6.45) is 4.13. The molecular weight excluding hydrogens is 229 g/mol. The Morgan fingerprint density at radius 3 is 2.83 bits per heavy atom. The molecule has 3 rings (SSSR count). The van der Waals surface area contributed by atoms with E-state index in [4.69, 9.17) is 5.84 Å². The van der Waals surface area contributed by atoms with E-state index in [1.807, 2.05) is 6.92 Å². The van der Waals surface area contributed by atoms with E-state index < -0.39 is 0 Å². The highest BCUT2D eigenvalue weighted by molar-refractivity contribution is 5.96. The molecule has 0 amide bonds. The second-order valence-corrected chi connectivity index (χ2v) is 4.85. The van der Waals surface area contributed by atoms with Crippen LogP contribution in [0.15, 0.2) is 12.1 Å². The van der Waals surface area contributed by atoms with Gasteiger partial charge < -0.3 is 5.43 Å². The summed E-state index contributed by atoms with van der Waals surface area (Å²) < 4.78 is 13.9. The number of rotatable bonds is 1. The van der Waals surface area contributed by atoms with E-state index in [0.29, 0.717) is 5.52 Å². The molecule has 0 atom stereocenters. The van der Waals surface area contributed by atoms with E-state index in [2.05, 4.69) is 10.4 Å². The largest absolute Gasteiger partial charge is 0.323 e. The van der Waals surface area contributed by atoms with Crippen LogP contribution in [-0.4, -0.2) is 4.98 Å². The van der Waals surface area contributed by atoms with Crippen molar-refractivity contribution in [1.29, 1.82) is 0 Å². The van der Waals surface area contributed by atoms with Crippen LogP contribution in [0, 0.1) is 12.7 Å². The van der Waals surface area contributed by atoms with Crippen molar-refractivity contribution in [2.24, 2.45) is 5.84 Å². The molecule has 3 N–H and O–H groups in total. The lowest BCUT2D eigenvalue weighted by Gasteiger charge is -2.21. The minimum Gasteiger partial charge on any atom is -0.323 e. The fourth-order valence-electron chi connectivity index (χ4n) is 2.82. The fraction of sp³-hybridized carbons (Fsp3) is 0.357. The molecular formula is C14H16FN3. The molecule has 0 unspecified atom stereocenters. The van der Waals surface area contributed by atoms with Gasteiger partial charge in [-0.25, -0.2) is 9.37 Å². The Morgan fingerprint density at radius 2 is 2.06 bits per heavy atom. The third-order valence-electron chi connectivity index (χ3n) is 3.72. The van der Waals surface area contributed by atoms with Crippen molar-refractivity contribution in [3.63, 3.8) is 0 Å². The number of nitrogen functional groups attached to an aromatic ring is 1. The van der Waals surface area contributed by atoms with Gasteiger partial charge in [-0.05, 0) is 49.8 Å². The van der Waals surface area contributed by atoms with E-state index in [0.717, 1.165) is 53.6 Å². The number of nitrogens with zero attached hydrogens (tertiary/aromatic N) is 1. The number of hydrogen-bond acceptors (Lipinski definition) is 3. The molecule has 1 aliphatic rings. The van der Waals surface area contributed by atoms with Crippen molar-refractivity contribution >= 4 is 16.6 Å². The first-order chi connectivity index (χ1) is 8.72. The van der Waals surface area contributed by atoms with Crippen molar-refractivity contribution in [2.45, 2.75) is 32.6 Å². The van der Waals surface area contributed by atoms with Gasteiger partial charge in [0.15, 0.2) is 0 Å². The van der Waals surface area contributed by atoms with Crippen LogP contribution in [0.1, 0.15) is 29.7 Å². The molecule has 0 spiro atoms. The highest BCUT2D eigenvalue weighted by atomic mass is 19.1. The lowest BCUT2D eigenvalue weighted by atomic mass is 9.92. The number of benzene rings is 1. The highest BCUT2D eigenvalue weighted by Crippen LogP contribution is 2.35. The first-order valence-corrected chi connectivity index (χ1v) is 6.29. The van der Waals surface area contributed by atoms with Gasteiger partial charge in [0.1, 0.15) is 11.3 Å². The lowest BCUT2D eigenvalue weighted by Crippen LogP contribution is -2.15. The van der Waals surface area contributed by atoms with Gasteiger partial charge in [0.05, 0.1) is 5.69 Å². The van der Waals surface area contributed by atoms with Crippen molar-refractivity contribution in [1.82, 2.24) is 4.98 Å². The van der Waals surface area contributed by atoms with Gasteiger partial charge in [-0.1, -0.05) is 6.07 Å². The maximum absolute atomic E-state index is 13.9. The summed E-state index contributed by atoms with van der Waals surface area (Å²) in [5.41, 5.74) is 7.20. The molecule has 3 nitrogen and oxygen atoms in total. The zero-order chi connectivity index (χ0) is 12.7. The molecule has 18 heavy (non-hydrogen) atoms. The summed E-state index contributed by atoms with van der Waals surface area (Å²) in [5, 5.41) is 0.818. The highest BCUT2D eigenvalue weighted by Gasteiger charge is 2.20. The second kappa shape index (κ2) is 4.21. The monoisotopic (exact) mass is 245 g/mol. The molecule has 0 bridgehead atoms. The van der Waals surface area contributed by atoms with E-state index in [1.54, 1.807) is 6.07 Å². The van der Waals surface area contributed by atoms with Gasteiger partial charge in [0.2, 0.25) is 0 Å². The normalized spacial score (nSPS) is 14.6. The number of fused-ring (bicyclic) bond motifs is 2. The predicted molar refractivity (Wildman–Crippen MR) is 70.9 cm³/mol. The standard InChI is InChI=1S/C14H16FN3/c1-8-6-7-10(15)14-12(8)13(18-16)9-4-2-3-5-11(9)17-14/h6-7H,2-5,16H2,1H3,(H,17,18). The van der Waals surface area contributed by atoms with E-state index in [-0.39, 0.29) is 5.82 Å². The van der Waals surface area contributed by atoms with Crippen LogP contribution < -0.4 is 11.3 Å². The number of nitrogens with one attached hydrogen (secondary N) is 1. The van der Waals surface area contributed by atoms with Crippen LogP contribution in [0.25, 0.3) is 10.9 Å². The maximum atomic E-state index is 13.9. The quantitative estimate of drug-likeness (QED) is 0.600. The molecule has 0 fully saturated rings. The van der Waals surface area contributed by atoms with Crippen LogP contribution in [0.3, 0.4) is 0 Å². The van der Waals surface area contributed by atoms with Gasteiger partial charge in [-0.3, -0.25) is 5.84 Å². The van der Waals surface area contributed by atoms with E-state index in [1.165, 1.54) is 6.07 Å². The molecule has 2 aromatic rings. The number of anilines is 1. The van der Waals surface area contributed by atoms with Crippen LogP contribution >= 0.6 is 0 Å². The van der Waals surface area contributed by atoms with Crippen molar-refractivity contribution < 1.29 is 4.39 Å². The molecule has 1 aromatic heterocycles. The first-order valence-electron chi connectivity index (χ1n) is 6.29. The van der Waals surface area contributed by atoms with Gasteiger partial charge in [-0.15, -0.1) is 0 Å². The average Bonchev–Trinajstić information content (AvgIpc) is 2.41. The maximum Gasteiger partial charge on any atom is 0.149 e. The molecule has 0 aliphatic heterocycles. The number of nitrogens with two attached hydrogens (primary N) is 1. The molecule has 0 saturated heterocycles. The summed E-state index contributed by atoms with van der Waals surface area (Å²) in [5.74, 6) is 5.38. The Labute approximate surface area is 105 Å². The molecule has 0 radical (unpaired) electrons. The van der Waals surface area contributed by atoms with Gasteiger partial charge in [0.25, 0.3) is 0 Å². The Balaban J connectivity index is 2.44. The van der Waals surface area contributed by atoms with Crippen molar-refractivity contribution in [3.05, 3.63) is 34.8 Å². The van der Waals surface area contributed by atoms with E-state index >= 15 is 0 Å². The summed E-state index contributed by atoms with van der Waals surface area (Å²) in [4.78, 5) is 4.51. The molecule has 1 aromatic carbocycles. The third kappa shape index (κ3) is 1.56. The molecule has 94 valence electrons. The van der Waals surface area contributed by atoms with Crippen LogP contribution in [0.2, 0.25) is 0 Å². The molecule has 4 heteroatoms. The molecule has 1 aliphatic carbocycles. The zero-order valence-corrected chi connectivity index (χ0v) is 10.4. The minimum atomic E-state index is -0.277. The summed E-state index contributed by atoms with van der Waals surface area (Å²) in [6.45, 7) is 1.96. The number of hydrazine groups is 1. The fourth-order valence-corrected chi connectivity index (χ4v) is 2.82.